The van der Waals surface area contributed by atoms with Crippen molar-refractivity contribution >= 4 is 74.7 Å². The number of benzene rings is 2. The number of imidazole rings is 2. The summed E-state index contributed by atoms with van der Waals surface area (Å²) < 4.78 is 36.5. The maximum Gasteiger partial charge on any atom is 0.240 e. The molecule has 2 aromatic carbocycles. The number of methoxy groups -OCH3 is 6. The number of halogens is 1. The predicted molar refractivity (Wildman–Crippen MR) is 312 cm³/mol. The number of hydrogen-bond acceptors (Lipinski definition) is 22. The Balaban J connectivity index is 0.000000199. The lowest BCUT2D eigenvalue weighted by Gasteiger charge is -2.30. The molecule has 0 aliphatic carbocycles. The highest BCUT2D eigenvalue weighted by atomic mass is 79.9. The number of aromatic nitrogens is 8. The van der Waals surface area contributed by atoms with Gasteiger partial charge in [0.15, 0.2) is 23.0 Å². The van der Waals surface area contributed by atoms with Crippen LogP contribution in [0.2, 0.25) is 0 Å². The van der Waals surface area contributed by atoms with Gasteiger partial charge in [0.2, 0.25) is 47.0 Å². The summed E-state index contributed by atoms with van der Waals surface area (Å²) in [6.45, 7) is 4.59. The molecular weight excluding hydrogens is 1140 g/mol. The van der Waals surface area contributed by atoms with E-state index < -0.39 is 18.0 Å². The van der Waals surface area contributed by atoms with E-state index in [1.807, 2.05) is 55.6 Å². The Bertz CT molecular complexity index is 3240. The molecule has 0 saturated carbocycles. The smallest absolute Gasteiger partial charge is 0.240 e. The molecule has 4 aliphatic rings. The minimum absolute atomic E-state index is 0.258. The van der Waals surface area contributed by atoms with Gasteiger partial charge >= 0.3 is 0 Å². The molecule has 4 amide bonds. The van der Waals surface area contributed by atoms with Crippen molar-refractivity contribution in [3.8, 4) is 45.9 Å². The van der Waals surface area contributed by atoms with Gasteiger partial charge in [0.1, 0.15) is 48.0 Å². The van der Waals surface area contributed by atoms with E-state index in [2.05, 4.69) is 46.7 Å². The Morgan fingerprint density at radius 1 is 0.614 bits per heavy atom. The topological polar surface area (TPSA) is 361 Å². The lowest BCUT2D eigenvalue weighted by Crippen LogP contribution is -2.42. The number of nitrogens with two attached hydrogens (primary N) is 4. The average Bonchev–Trinajstić information content (AvgIpc) is 4.42. The molecule has 11 N–H and O–H groups in total. The molecule has 4 aromatic heterocycles. The predicted octanol–water partition coefficient (Wildman–Crippen LogP) is 2.91. The highest BCUT2D eigenvalue weighted by Crippen LogP contribution is 2.41. The molecule has 2 atom stereocenters. The normalized spacial score (nSPS) is 16.2. The second-order valence-corrected chi connectivity index (χ2v) is 20.3. The van der Waals surface area contributed by atoms with Crippen LogP contribution >= 0.6 is 15.9 Å². The van der Waals surface area contributed by atoms with Gasteiger partial charge in [-0.3, -0.25) is 24.1 Å². The van der Waals surface area contributed by atoms with Gasteiger partial charge in [-0.25, -0.2) is 19.9 Å². The second kappa shape index (κ2) is 27.8. The van der Waals surface area contributed by atoms with Crippen molar-refractivity contribution < 1.29 is 47.6 Å². The number of carbonyl (C=O) groups excluding carboxylic acids is 4. The molecule has 0 unspecified atom stereocenters. The van der Waals surface area contributed by atoms with Crippen LogP contribution in [0.3, 0.4) is 0 Å². The fourth-order valence-electron chi connectivity index (χ4n) is 10.2. The van der Waals surface area contributed by atoms with Crippen molar-refractivity contribution in [3.05, 3.63) is 71.8 Å². The number of rotatable bonds is 21. The Morgan fingerprint density at radius 2 is 1.07 bits per heavy atom. The first kappa shape index (κ1) is 60.4. The summed E-state index contributed by atoms with van der Waals surface area (Å²) in [4.78, 5) is 79.6. The minimum Gasteiger partial charge on any atom is -0.493 e. The number of nitrogens with one attached hydrogen (secondary N) is 3. The first-order valence-electron chi connectivity index (χ1n) is 26.8. The Morgan fingerprint density at radius 3 is 1.48 bits per heavy atom. The number of hydrogen-bond donors (Lipinski definition) is 7. The van der Waals surface area contributed by atoms with Gasteiger partial charge in [0.05, 0.1) is 77.8 Å². The highest BCUT2D eigenvalue weighted by Gasteiger charge is 2.35. The summed E-state index contributed by atoms with van der Waals surface area (Å²) in [6.07, 6.45) is 12.3. The standard InChI is InChI=1S/C27H35N9O5.C24H30N8O4.C3H6BrNO/c1-39-20-11-16(12-21(40-2)24(20)41-3)35-14-23(30-15-35)32-26-17-6-9-34(10-7-22(28)37)13-18(17)31-27(33-26)36-8-4-5-19(36)25(29)38;1-34-18-9-14(10-19(35-2)21(18)36-3)31-12-20(27-13-31)29-23-15-6-7-26-11-16(15)28-24(30-23)32-8-4-5-17(32)22(25)33;4-2-1-3(5)6/h11-12,14-15,19H,4-10,13H2,1-3H3,(H2,28,37)(H2,29,38)(H,31,32,33);9-10,12-13,17,26H,4-8,11H2,1-3H3,(H2,25,33)(H,28,29,30);1-2H2,(H2,5,6)/t19-;17-;/m00./s1. The largest absolute Gasteiger partial charge is 0.493 e. The summed E-state index contributed by atoms with van der Waals surface area (Å²) in [6, 6.07) is 6.49. The van der Waals surface area contributed by atoms with Crippen molar-refractivity contribution in [2.75, 3.05) is 101 Å². The van der Waals surface area contributed by atoms with Gasteiger partial charge in [-0.15, -0.1) is 0 Å². The Kier molecular flexibility index (Phi) is 20.3. The molecule has 29 heteroatoms. The monoisotopic (exact) mass is 1210 g/mol. The molecule has 4 aliphatic heterocycles. The summed E-state index contributed by atoms with van der Waals surface area (Å²) in [5, 5.41) is 10.8. The van der Waals surface area contributed by atoms with Gasteiger partial charge in [-0.05, 0) is 45.1 Å². The van der Waals surface area contributed by atoms with Gasteiger partial charge in [-0.1, -0.05) is 15.9 Å². The van der Waals surface area contributed by atoms with Gasteiger partial charge in [0, 0.05) is 92.8 Å². The lowest BCUT2D eigenvalue weighted by molar-refractivity contribution is -0.119. The van der Waals surface area contributed by atoms with E-state index in [-0.39, 0.29) is 24.1 Å². The molecule has 444 valence electrons. The van der Waals surface area contributed by atoms with E-state index in [0.717, 1.165) is 66.2 Å². The fourth-order valence-corrected chi connectivity index (χ4v) is 10.6. The third-order valence-electron chi connectivity index (χ3n) is 14.3. The van der Waals surface area contributed by atoms with E-state index in [4.69, 9.17) is 71.3 Å². The van der Waals surface area contributed by atoms with Crippen LogP contribution in [0.5, 0.6) is 34.5 Å². The van der Waals surface area contributed by atoms with Crippen molar-refractivity contribution in [2.24, 2.45) is 22.9 Å². The van der Waals surface area contributed by atoms with Crippen LogP contribution in [0.25, 0.3) is 11.4 Å². The molecule has 2 saturated heterocycles. The van der Waals surface area contributed by atoms with Gasteiger partial charge in [-0.2, -0.15) is 9.97 Å². The zero-order chi connectivity index (χ0) is 59.3. The SMILES string of the molecule is COc1cc(-n2cnc(Nc3nc(N4CCC[C@H]4C(N)=O)nc4c3CCN(CCC(N)=O)C4)c2)cc(OC)c1OC.COc1cc(-n2cnc(Nc3nc(N4CCC[C@H]4C(N)=O)nc4c3CCNC4)c2)cc(OC)c1OC.NC(=O)CCBr. The Labute approximate surface area is 488 Å². The second-order valence-electron chi connectivity index (χ2n) is 19.5. The van der Waals surface area contributed by atoms with Crippen LogP contribution in [-0.4, -0.2) is 160 Å². The number of fused-ring (bicyclic) bond motifs is 2. The molecule has 8 heterocycles. The molecule has 83 heavy (non-hydrogen) atoms. The highest BCUT2D eigenvalue weighted by molar-refractivity contribution is 9.09. The number of ether oxygens (including phenoxy) is 6. The third-order valence-corrected chi connectivity index (χ3v) is 14.7. The van der Waals surface area contributed by atoms with Crippen LogP contribution < -0.4 is 77.1 Å². The average molecular weight is 1210 g/mol. The maximum absolute atomic E-state index is 12.1. The van der Waals surface area contributed by atoms with E-state index in [0.29, 0.717) is 133 Å². The van der Waals surface area contributed by atoms with E-state index in [9.17, 15) is 19.2 Å². The number of anilines is 6. The van der Waals surface area contributed by atoms with Crippen LogP contribution in [0.4, 0.5) is 35.2 Å². The quantitative estimate of drug-likeness (QED) is 0.0509. The molecule has 0 bridgehead atoms. The molecule has 0 spiro atoms. The number of amides is 4. The number of nitrogens with zero attached hydrogens (tertiary/aromatic N) is 11. The number of alkyl halides is 1. The number of carbonyl (C=O) groups is 4. The van der Waals surface area contributed by atoms with E-state index in [1.54, 1.807) is 55.3 Å². The van der Waals surface area contributed by atoms with E-state index >= 15 is 0 Å². The third kappa shape index (κ3) is 14.3. The van der Waals surface area contributed by atoms with Crippen molar-refractivity contribution in [3.63, 3.8) is 0 Å². The summed E-state index contributed by atoms with van der Waals surface area (Å²) in [7, 11) is 9.41. The zero-order valence-electron chi connectivity index (χ0n) is 47.3. The maximum atomic E-state index is 12.1. The fraction of sp³-hybridized carbons (Fsp3) is 0.444. The van der Waals surface area contributed by atoms with Crippen LogP contribution in [0, 0.1) is 0 Å². The van der Waals surface area contributed by atoms with Gasteiger partial charge < -0.3 is 86.2 Å². The Hall–Kier alpha value is -8.70. The summed E-state index contributed by atoms with van der Waals surface area (Å²) >= 11 is 3.05. The summed E-state index contributed by atoms with van der Waals surface area (Å²) in [5.41, 5.74) is 26.7. The zero-order valence-corrected chi connectivity index (χ0v) is 48.9. The summed E-state index contributed by atoms with van der Waals surface area (Å²) in [5.74, 6) is 5.23. The lowest BCUT2D eigenvalue weighted by atomic mass is 10.0. The van der Waals surface area contributed by atoms with Crippen molar-refractivity contribution in [2.45, 2.75) is 76.5 Å². The van der Waals surface area contributed by atoms with Crippen LogP contribution in [0.1, 0.15) is 61.0 Å². The molecule has 28 nitrogen and oxygen atoms in total. The van der Waals surface area contributed by atoms with Crippen LogP contribution in [-0.2, 0) is 45.1 Å². The van der Waals surface area contributed by atoms with Crippen molar-refractivity contribution in [1.82, 2.24) is 49.3 Å². The van der Waals surface area contributed by atoms with Crippen LogP contribution in [0.15, 0.2) is 49.3 Å². The van der Waals surface area contributed by atoms with Gasteiger partial charge in [0.25, 0.3) is 0 Å². The van der Waals surface area contributed by atoms with E-state index in [1.165, 1.54) is 0 Å². The molecule has 10 rings (SSSR count). The minimum atomic E-state index is -0.463. The first-order valence-corrected chi connectivity index (χ1v) is 27.9. The molecular formula is C54H71BrN18O10. The van der Waals surface area contributed by atoms with Crippen molar-refractivity contribution in [1.29, 1.82) is 0 Å². The number of primary amides is 4. The first-order chi connectivity index (χ1) is 40.1. The molecule has 6 aromatic rings. The molecule has 2 fully saturated rings. The molecule has 0 radical (unpaired) electrons.